The van der Waals surface area contributed by atoms with E-state index in [0.29, 0.717) is 10.4 Å². The minimum absolute atomic E-state index is 0.232. The van der Waals surface area contributed by atoms with E-state index in [-0.39, 0.29) is 5.91 Å². The summed E-state index contributed by atoms with van der Waals surface area (Å²) in [6.07, 6.45) is 0. The molecule has 0 atom stereocenters. The van der Waals surface area contributed by atoms with Crippen molar-refractivity contribution in [1.29, 1.82) is 0 Å². The van der Waals surface area contributed by atoms with E-state index in [9.17, 15) is 4.79 Å². The number of carbonyl (C=O) groups is 1. The molecule has 3 rings (SSSR count). The van der Waals surface area contributed by atoms with E-state index in [1.807, 2.05) is 54.1 Å². The highest BCUT2D eigenvalue weighted by molar-refractivity contribution is 7.99. The summed E-state index contributed by atoms with van der Waals surface area (Å²) in [7, 11) is 3.54. The first kappa shape index (κ1) is 16.8. The molecule has 0 aliphatic rings. The van der Waals surface area contributed by atoms with Gasteiger partial charge in [-0.25, -0.2) is 0 Å². The van der Waals surface area contributed by atoms with Crippen molar-refractivity contribution in [3.8, 4) is 5.75 Å². The van der Waals surface area contributed by atoms with Crippen molar-refractivity contribution in [1.82, 2.24) is 4.57 Å². The largest absolute Gasteiger partial charge is 0.495 e. The van der Waals surface area contributed by atoms with Crippen LogP contribution in [0.5, 0.6) is 5.75 Å². The number of carbonyl (C=O) groups excluding carboxylic acids is 1. The SMILES string of the molecule is CCSc1ccc(C(=O)N=c2sc3cccc(OC)c3n2C)cc1. The molecule has 0 aliphatic heterocycles. The number of amides is 1. The van der Waals surface area contributed by atoms with Crippen LogP contribution >= 0.6 is 23.1 Å². The van der Waals surface area contributed by atoms with Gasteiger partial charge in [-0.3, -0.25) is 4.79 Å². The third-order valence-corrected chi connectivity index (χ3v) is 5.61. The fourth-order valence-electron chi connectivity index (χ4n) is 2.45. The molecule has 0 unspecified atom stereocenters. The van der Waals surface area contributed by atoms with Crippen molar-refractivity contribution in [3.05, 3.63) is 52.8 Å². The fourth-order valence-corrected chi connectivity index (χ4v) is 4.15. The molecule has 1 aromatic heterocycles. The summed E-state index contributed by atoms with van der Waals surface area (Å²) in [6, 6.07) is 13.4. The molecule has 6 heteroatoms. The zero-order valence-corrected chi connectivity index (χ0v) is 15.4. The molecule has 0 bridgehead atoms. The molecule has 4 nitrogen and oxygen atoms in total. The van der Waals surface area contributed by atoms with Crippen molar-refractivity contribution in [3.63, 3.8) is 0 Å². The highest BCUT2D eigenvalue weighted by Crippen LogP contribution is 2.26. The number of aryl methyl sites for hydroxylation is 1. The fraction of sp³-hybridized carbons (Fsp3) is 0.222. The van der Waals surface area contributed by atoms with Gasteiger partial charge in [0.2, 0.25) is 0 Å². The molecular formula is C18H18N2O2S2. The summed E-state index contributed by atoms with van der Waals surface area (Å²) in [5.41, 5.74) is 1.55. The number of para-hydroxylation sites is 1. The minimum atomic E-state index is -0.232. The lowest BCUT2D eigenvalue weighted by Gasteiger charge is -2.03. The summed E-state index contributed by atoms with van der Waals surface area (Å²) < 4.78 is 8.35. The molecule has 0 N–H and O–H groups in total. The van der Waals surface area contributed by atoms with Crippen LogP contribution in [0.2, 0.25) is 0 Å². The number of thioether (sulfide) groups is 1. The van der Waals surface area contributed by atoms with Crippen LogP contribution in [0, 0.1) is 0 Å². The number of aromatic nitrogens is 1. The standard InChI is InChI=1S/C18H18N2O2S2/c1-4-23-13-10-8-12(9-11-13)17(21)19-18-20(2)16-14(22-3)6-5-7-15(16)24-18/h5-11H,4H2,1-3H3. The van der Waals surface area contributed by atoms with Crippen molar-refractivity contribution < 1.29 is 9.53 Å². The first-order valence-electron chi connectivity index (χ1n) is 7.58. The number of benzene rings is 2. The summed E-state index contributed by atoms with van der Waals surface area (Å²) in [6.45, 7) is 2.11. The summed E-state index contributed by atoms with van der Waals surface area (Å²) in [4.78, 5) is 18.6. The third-order valence-electron chi connectivity index (χ3n) is 3.61. The lowest BCUT2D eigenvalue weighted by molar-refractivity contribution is 0.0998. The molecule has 0 fully saturated rings. The predicted molar refractivity (Wildman–Crippen MR) is 100 cm³/mol. The summed E-state index contributed by atoms with van der Waals surface area (Å²) in [5, 5.41) is 0. The van der Waals surface area contributed by atoms with Crippen LogP contribution in [0.4, 0.5) is 0 Å². The first-order chi connectivity index (χ1) is 11.6. The smallest absolute Gasteiger partial charge is 0.279 e. The van der Waals surface area contributed by atoms with Crippen molar-refractivity contribution in [2.45, 2.75) is 11.8 Å². The lowest BCUT2D eigenvalue weighted by atomic mass is 10.2. The maximum Gasteiger partial charge on any atom is 0.279 e. The molecule has 0 spiro atoms. The number of rotatable bonds is 4. The number of ether oxygens (including phenoxy) is 1. The quantitative estimate of drug-likeness (QED) is 0.660. The summed E-state index contributed by atoms with van der Waals surface area (Å²) in [5.74, 6) is 1.56. The van der Waals surface area contributed by atoms with E-state index in [1.165, 1.54) is 11.3 Å². The van der Waals surface area contributed by atoms with Gasteiger partial charge < -0.3 is 9.30 Å². The third kappa shape index (κ3) is 3.25. The number of nitrogens with zero attached hydrogens (tertiary/aromatic N) is 2. The number of methoxy groups -OCH3 is 1. The van der Waals surface area contributed by atoms with Gasteiger partial charge >= 0.3 is 0 Å². The normalized spacial score (nSPS) is 11.9. The zero-order chi connectivity index (χ0) is 17.1. The Hall–Kier alpha value is -2.05. The Morgan fingerprint density at radius 2 is 2.00 bits per heavy atom. The Labute approximate surface area is 148 Å². The molecule has 1 amide bonds. The monoisotopic (exact) mass is 358 g/mol. The van der Waals surface area contributed by atoms with Gasteiger partial charge in [0, 0.05) is 17.5 Å². The number of fused-ring (bicyclic) bond motifs is 1. The molecule has 0 aliphatic carbocycles. The number of thiazole rings is 1. The van der Waals surface area contributed by atoms with E-state index in [4.69, 9.17) is 4.74 Å². The van der Waals surface area contributed by atoms with Crippen LogP contribution in [0.1, 0.15) is 17.3 Å². The molecule has 24 heavy (non-hydrogen) atoms. The van der Waals surface area contributed by atoms with Gasteiger partial charge in [-0.2, -0.15) is 4.99 Å². The second-order valence-electron chi connectivity index (χ2n) is 5.13. The van der Waals surface area contributed by atoms with Crippen LogP contribution in [-0.2, 0) is 7.05 Å². The zero-order valence-electron chi connectivity index (χ0n) is 13.8. The van der Waals surface area contributed by atoms with Gasteiger partial charge in [-0.15, -0.1) is 11.8 Å². The Morgan fingerprint density at radius 3 is 2.67 bits per heavy atom. The van der Waals surface area contributed by atoms with Gasteiger partial charge in [0.1, 0.15) is 11.3 Å². The Bertz CT molecular complexity index is 940. The molecule has 0 radical (unpaired) electrons. The van der Waals surface area contributed by atoms with Crippen molar-refractivity contribution in [2.24, 2.45) is 12.0 Å². The van der Waals surface area contributed by atoms with E-state index in [2.05, 4.69) is 11.9 Å². The van der Waals surface area contributed by atoms with Crippen LogP contribution < -0.4 is 9.54 Å². The van der Waals surface area contributed by atoms with Crippen LogP contribution in [-0.4, -0.2) is 23.3 Å². The Kier molecular flexibility index (Phi) is 5.06. The average molecular weight is 358 g/mol. The molecule has 0 saturated heterocycles. The lowest BCUT2D eigenvalue weighted by Crippen LogP contribution is -2.13. The van der Waals surface area contributed by atoms with Gasteiger partial charge in [-0.1, -0.05) is 24.3 Å². The van der Waals surface area contributed by atoms with E-state index < -0.39 is 0 Å². The molecule has 2 aromatic carbocycles. The van der Waals surface area contributed by atoms with E-state index in [0.717, 1.165) is 26.6 Å². The first-order valence-corrected chi connectivity index (χ1v) is 9.38. The van der Waals surface area contributed by atoms with E-state index in [1.54, 1.807) is 18.9 Å². The predicted octanol–water partition coefficient (Wildman–Crippen LogP) is 4.10. The Morgan fingerprint density at radius 1 is 1.25 bits per heavy atom. The Balaban J connectivity index is 2.00. The van der Waals surface area contributed by atoms with Crippen LogP contribution in [0.3, 0.4) is 0 Å². The van der Waals surface area contributed by atoms with Crippen molar-refractivity contribution in [2.75, 3.05) is 12.9 Å². The second-order valence-corrected chi connectivity index (χ2v) is 7.47. The minimum Gasteiger partial charge on any atom is -0.495 e. The molecular weight excluding hydrogens is 340 g/mol. The van der Waals surface area contributed by atoms with Gasteiger partial charge in [-0.05, 0) is 42.2 Å². The topological polar surface area (TPSA) is 43.6 Å². The highest BCUT2D eigenvalue weighted by Gasteiger charge is 2.10. The summed E-state index contributed by atoms with van der Waals surface area (Å²) >= 11 is 3.23. The number of hydrogen-bond acceptors (Lipinski definition) is 4. The average Bonchev–Trinajstić information content (AvgIpc) is 2.92. The van der Waals surface area contributed by atoms with Crippen molar-refractivity contribution >= 4 is 39.2 Å². The van der Waals surface area contributed by atoms with Gasteiger partial charge in [0.25, 0.3) is 5.91 Å². The molecule has 124 valence electrons. The van der Waals surface area contributed by atoms with Crippen LogP contribution in [0.25, 0.3) is 10.2 Å². The molecule has 3 aromatic rings. The second kappa shape index (κ2) is 7.23. The highest BCUT2D eigenvalue weighted by atomic mass is 32.2. The van der Waals surface area contributed by atoms with Crippen LogP contribution in [0.15, 0.2) is 52.4 Å². The van der Waals surface area contributed by atoms with Gasteiger partial charge in [0.15, 0.2) is 4.80 Å². The molecule has 0 saturated carbocycles. The molecule has 1 heterocycles. The van der Waals surface area contributed by atoms with E-state index >= 15 is 0 Å². The number of hydrogen-bond donors (Lipinski definition) is 0. The maximum atomic E-state index is 12.5. The van der Waals surface area contributed by atoms with Gasteiger partial charge in [0.05, 0.1) is 11.8 Å². The maximum absolute atomic E-state index is 12.5.